The van der Waals surface area contributed by atoms with Crippen LogP contribution in [0, 0.1) is 13.8 Å². The Morgan fingerprint density at radius 2 is 1.76 bits per heavy atom. The highest BCUT2D eigenvalue weighted by Crippen LogP contribution is 2.22. The van der Waals surface area contributed by atoms with E-state index in [1.807, 2.05) is 18.2 Å². The highest BCUT2D eigenvalue weighted by molar-refractivity contribution is 5.33. The lowest BCUT2D eigenvalue weighted by molar-refractivity contribution is 0.0614. The summed E-state index contributed by atoms with van der Waals surface area (Å²) in [6.45, 7) is 6.96. The van der Waals surface area contributed by atoms with Crippen LogP contribution >= 0.6 is 0 Å². The molecule has 0 spiro atoms. The second-order valence-electron chi connectivity index (χ2n) is 7.21. The second-order valence-corrected chi connectivity index (χ2v) is 7.21. The number of aliphatic hydroxyl groups is 1. The van der Waals surface area contributed by atoms with Crippen LogP contribution in [0.25, 0.3) is 0 Å². The predicted octanol–water partition coefficient (Wildman–Crippen LogP) is 3.75. The molecule has 0 aliphatic carbocycles. The van der Waals surface area contributed by atoms with Crippen molar-refractivity contribution in [3.63, 3.8) is 0 Å². The van der Waals surface area contributed by atoms with Crippen molar-refractivity contribution in [3.05, 3.63) is 65.2 Å². The van der Waals surface area contributed by atoms with E-state index in [1.165, 1.54) is 16.7 Å². The lowest BCUT2D eigenvalue weighted by atomic mass is 10.0. The van der Waals surface area contributed by atoms with Gasteiger partial charge in [-0.15, -0.1) is 0 Å². The first-order chi connectivity index (χ1) is 12.1. The largest absolute Gasteiger partial charge is 0.490 e. The number of hydrogen-bond donors (Lipinski definition) is 1. The van der Waals surface area contributed by atoms with Crippen LogP contribution in [-0.2, 0) is 6.42 Å². The molecule has 1 aliphatic rings. The molecule has 3 heteroatoms. The monoisotopic (exact) mass is 339 g/mol. The average Bonchev–Trinajstić information content (AvgIpc) is 2.61. The lowest BCUT2D eigenvalue weighted by Gasteiger charge is -2.33. The minimum atomic E-state index is -0.306. The van der Waals surface area contributed by atoms with Gasteiger partial charge in [0.2, 0.25) is 0 Å². The molecule has 3 rings (SSSR count). The van der Waals surface area contributed by atoms with E-state index < -0.39 is 0 Å². The molecule has 0 saturated carbocycles. The third-order valence-electron chi connectivity index (χ3n) is 5.10. The maximum atomic E-state index is 10.3. The number of aryl methyl sites for hydroxylation is 2. The number of piperidine rings is 1. The lowest BCUT2D eigenvalue weighted by Crippen LogP contribution is -2.42. The van der Waals surface area contributed by atoms with Gasteiger partial charge in [0.05, 0.1) is 6.10 Å². The second kappa shape index (κ2) is 8.50. The zero-order chi connectivity index (χ0) is 17.6. The fraction of sp³-hybridized carbons (Fsp3) is 0.455. The molecule has 1 aliphatic heterocycles. The number of likely N-dealkylation sites (tertiary alicyclic amines) is 1. The van der Waals surface area contributed by atoms with Gasteiger partial charge >= 0.3 is 0 Å². The number of β-amino-alcohol motifs (C(OH)–C–C–N with tert-alkyl or cyclic N) is 1. The first-order valence-electron chi connectivity index (χ1n) is 9.28. The molecule has 1 heterocycles. The molecule has 1 unspecified atom stereocenters. The van der Waals surface area contributed by atoms with Gasteiger partial charge in [0.15, 0.2) is 0 Å². The van der Waals surface area contributed by atoms with Gasteiger partial charge in [0.1, 0.15) is 11.9 Å². The van der Waals surface area contributed by atoms with Crippen LogP contribution in [0.5, 0.6) is 5.75 Å². The SMILES string of the molecule is Cc1ccc(OC2CCN(CC(O)Cc3ccccc3)CC2)cc1C. The zero-order valence-electron chi connectivity index (χ0n) is 15.3. The molecule has 0 aromatic heterocycles. The number of aliphatic hydroxyl groups excluding tert-OH is 1. The van der Waals surface area contributed by atoms with Crippen molar-refractivity contribution >= 4 is 0 Å². The summed E-state index contributed by atoms with van der Waals surface area (Å²) < 4.78 is 6.15. The smallest absolute Gasteiger partial charge is 0.120 e. The van der Waals surface area contributed by atoms with Crippen LogP contribution in [0.2, 0.25) is 0 Å². The van der Waals surface area contributed by atoms with Crippen molar-refractivity contribution in [3.8, 4) is 5.75 Å². The van der Waals surface area contributed by atoms with Gasteiger partial charge in [-0.1, -0.05) is 36.4 Å². The van der Waals surface area contributed by atoms with Crippen LogP contribution in [0.15, 0.2) is 48.5 Å². The van der Waals surface area contributed by atoms with Crippen molar-refractivity contribution in [2.24, 2.45) is 0 Å². The van der Waals surface area contributed by atoms with Crippen LogP contribution in [-0.4, -0.2) is 41.8 Å². The summed E-state index contributed by atoms with van der Waals surface area (Å²) in [5.41, 5.74) is 3.77. The predicted molar refractivity (Wildman–Crippen MR) is 102 cm³/mol. The maximum Gasteiger partial charge on any atom is 0.120 e. The van der Waals surface area contributed by atoms with E-state index >= 15 is 0 Å². The summed E-state index contributed by atoms with van der Waals surface area (Å²) in [5, 5.41) is 10.3. The molecule has 0 amide bonds. The summed E-state index contributed by atoms with van der Waals surface area (Å²) in [6, 6.07) is 16.5. The minimum absolute atomic E-state index is 0.282. The first-order valence-corrected chi connectivity index (χ1v) is 9.28. The molecule has 3 nitrogen and oxygen atoms in total. The van der Waals surface area contributed by atoms with Crippen molar-refractivity contribution < 1.29 is 9.84 Å². The van der Waals surface area contributed by atoms with E-state index in [0.717, 1.165) is 44.6 Å². The van der Waals surface area contributed by atoms with Crippen LogP contribution in [0.3, 0.4) is 0 Å². The van der Waals surface area contributed by atoms with Gasteiger partial charge in [-0.25, -0.2) is 0 Å². The first kappa shape index (κ1) is 18.0. The number of benzene rings is 2. The van der Waals surface area contributed by atoms with Crippen LogP contribution in [0.4, 0.5) is 0 Å². The van der Waals surface area contributed by atoms with E-state index in [2.05, 4.69) is 49.1 Å². The molecule has 1 saturated heterocycles. The average molecular weight is 339 g/mol. The van der Waals surface area contributed by atoms with Crippen molar-refractivity contribution in [2.75, 3.05) is 19.6 Å². The zero-order valence-corrected chi connectivity index (χ0v) is 15.3. The Kier molecular flexibility index (Phi) is 6.11. The molecular weight excluding hydrogens is 310 g/mol. The van der Waals surface area contributed by atoms with Gasteiger partial charge in [-0.2, -0.15) is 0 Å². The third kappa shape index (κ3) is 5.32. The summed E-state index contributed by atoms with van der Waals surface area (Å²) in [6.07, 6.45) is 2.74. The number of ether oxygens (including phenoxy) is 1. The molecule has 25 heavy (non-hydrogen) atoms. The Bertz CT molecular complexity index is 663. The molecule has 2 aromatic rings. The van der Waals surface area contributed by atoms with Gasteiger partial charge in [-0.3, -0.25) is 0 Å². The van der Waals surface area contributed by atoms with E-state index in [0.29, 0.717) is 0 Å². The summed E-state index contributed by atoms with van der Waals surface area (Å²) in [4.78, 5) is 2.36. The fourth-order valence-corrected chi connectivity index (χ4v) is 3.44. The summed E-state index contributed by atoms with van der Waals surface area (Å²) in [5.74, 6) is 0.977. The van der Waals surface area contributed by atoms with Crippen molar-refractivity contribution in [2.45, 2.75) is 45.3 Å². The molecule has 0 radical (unpaired) electrons. The molecule has 134 valence electrons. The van der Waals surface area contributed by atoms with Crippen molar-refractivity contribution in [1.82, 2.24) is 4.90 Å². The van der Waals surface area contributed by atoms with E-state index in [4.69, 9.17) is 4.74 Å². The van der Waals surface area contributed by atoms with E-state index in [-0.39, 0.29) is 12.2 Å². The Balaban J connectivity index is 1.43. The fourth-order valence-electron chi connectivity index (χ4n) is 3.44. The molecule has 2 aromatic carbocycles. The van der Waals surface area contributed by atoms with Crippen molar-refractivity contribution in [1.29, 1.82) is 0 Å². The highest BCUT2D eigenvalue weighted by atomic mass is 16.5. The molecule has 0 bridgehead atoms. The molecular formula is C22H29NO2. The van der Waals surface area contributed by atoms with E-state index in [9.17, 15) is 5.11 Å². The highest BCUT2D eigenvalue weighted by Gasteiger charge is 2.22. The summed E-state index contributed by atoms with van der Waals surface area (Å²) >= 11 is 0. The van der Waals surface area contributed by atoms with Gasteiger partial charge in [-0.05, 0) is 61.9 Å². The maximum absolute atomic E-state index is 10.3. The Morgan fingerprint density at radius 3 is 2.44 bits per heavy atom. The standard InChI is InChI=1S/C22H29NO2/c1-17-8-9-22(14-18(17)2)25-21-10-12-23(13-11-21)16-20(24)15-19-6-4-3-5-7-19/h3-9,14,20-21,24H,10-13,15-16H2,1-2H3. The summed E-state index contributed by atoms with van der Waals surface area (Å²) in [7, 11) is 0. The quantitative estimate of drug-likeness (QED) is 0.870. The van der Waals surface area contributed by atoms with Gasteiger partial charge in [0.25, 0.3) is 0 Å². The third-order valence-corrected chi connectivity index (χ3v) is 5.10. The van der Waals surface area contributed by atoms with Gasteiger partial charge in [0, 0.05) is 19.6 Å². The Hall–Kier alpha value is -1.84. The Morgan fingerprint density at radius 1 is 1.04 bits per heavy atom. The normalized spacial score (nSPS) is 17.4. The molecule has 1 fully saturated rings. The molecule has 1 N–H and O–H groups in total. The van der Waals surface area contributed by atoms with E-state index in [1.54, 1.807) is 0 Å². The number of rotatable bonds is 6. The number of nitrogens with zero attached hydrogens (tertiary/aromatic N) is 1. The topological polar surface area (TPSA) is 32.7 Å². The van der Waals surface area contributed by atoms with Gasteiger partial charge < -0.3 is 14.7 Å². The van der Waals surface area contributed by atoms with Crippen LogP contribution in [0.1, 0.15) is 29.5 Å². The Labute approximate surface area is 151 Å². The minimum Gasteiger partial charge on any atom is -0.490 e. The van der Waals surface area contributed by atoms with Crippen LogP contribution < -0.4 is 4.74 Å². The number of hydrogen-bond acceptors (Lipinski definition) is 3. The molecule has 1 atom stereocenters.